The first-order chi connectivity index (χ1) is 8.85. The van der Waals surface area contributed by atoms with Gasteiger partial charge in [-0.1, -0.05) is 18.2 Å². The van der Waals surface area contributed by atoms with Gasteiger partial charge in [0.05, 0.1) is 12.7 Å². The average molecular weight is 283 g/mol. The number of fused-ring (bicyclic) bond motifs is 1. The van der Waals surface area contributed by atoms with Gasteiger partial charge in [0.25, 0.3) is 0 Å². The Morgan fingerprint density at radius 3 is 2.95 bits per heavy atom. The first-order valence-corrected chi connectivity index (χ1v) is 7.00. The van der Waals surface area contributed by atoms with Crippen LogP contribution in [-0.2, 0) is 24.1 Å². The van der Waals surface area contributed by atoms with Crippen molar-refractivity contribution in [2.45, 2.75) is 31.9 Å². The Kier molecular flexibility index (Phi) is 5.22. The summed E-state index contributed by atoms with van der Waals surface area (Å²) in [6.07, 6.45) is 4.07. The molecule has 106 valence electrons. The molecule has 1 aromatic carbocycles. The summed E-state index contributed by atoms with van der Waals surface area (Å²) >= 11 is 0. The smallest absolute Gasteiger partial charge is 0.0824 e. The van der Waals surface area contributed by atoms with Crippen LogP contribution < -0.4 is 5.73 Å². The fraction of sp³-hybridized carbons (Fsp3) is 0.600. The maximum atomic E-state index is 5.68. The zero-order chi connectivity index (χ0) is 12.4. The van der Waals surface area contributed by atoms with Crippen molar-refractivity contribution in [3.05, 3.63) is 34.9 Å². The predicted molar refractivity (Wildman–Crippen MR) is 79.8 cm³/mol. The van der Waals surface area contributed by atoms with E-state index in [-0.39, 0.29) is 18.5 Å². The Labute approximate surface area is 121 Å². The quantitative estimate of drug-likeness (QED) is 0.918. The maximum absolute atomic E-state index is 5.68. The van der Waals surface area contributed by atoms with Gasteiger partial charge in [0.1, 0.15) is 0 Å². The molecule has 1 aliphatic carbocycles. The van der Waals surface area contributed by atoms with Crippen LogP contribution in [0.15, 0.2) is 18.2 Å². The van der Waals surface area contributed by atoms with Gasteiger partial charge in [-0.05, 0) is 36.0 Å². The minimum Gasteiger partial charge on any atom is -0.374 e. The first kappa shape index (κ1) is 14.8. The summed E-state index contributed by atoms with van der Waals surface area (Å²) in [5.41, 5.74) is 10.2. The Hall–Kier alpha value is -0.610. The zero-order valence-corrected chi connectivity index (χ0v) is 12.1. The molecule has 3 rings (SSSR count). The van der Waals surface area contributed by atoms with E-state index in [0.29, 0.717) is 6.54 Å². The van der Waals surface area contributed by atoms with Gasteiger partial charge in [0.15, 0.2) is 0 Å². The molecule has 1 saturated heterocycles. The molecule has 0 radical (unpaired) electrons. The largest absolute Gasteiger partial charge is 0.374 e. The van der Waals surface area contributed by atoms with E-state index < -0.39 is 0 Å². The number of nitrogens with zero attached hydrogens (tertiary/aromatic N) is 1. The van der Waals surface area contributed by atoms with Crippen molar-refractivity contribution >= 4 is 12.4 Å². The Morgan fingerprint density at radius 1 is 1.26 bits per heavy atom. The van der Waals surface area contributed by atoms with Gasteiger partial charge in [0, 0.05) is 26.2 Å². The number of hydrogen-bond donors (Lipinski definition) is 1. The van der Waals surface area contributed by atoms with E-state index in [1.54, 1.807) is 11.1 Å². The lowest BCUT2D eigenvalue weighted by Gasteiger charge is -2.32. The molecule has 2 N–H and O–H groups in total. The second-order valence-corrected chi connectivity index (χ2v) is 5.42. The summed E-state index contributed by atoms with van der Waals surface area (Å²) in [4.78, 5) is 2.46. The third-order valence-electron chi connectivity index (χ3n) is 4.05. The van der Waals surface area contributed by atoms with E-state index in [2.05, 4.69) is 23.1 Å². The minimum absolute atomic E-state index is 0. The third kappa shape index (κ3) is 3.48. The highest BCUT2D eigenvalue weighted by Crippen LogP contribution is 2.23. The molecule has 1 aromatic rings. The number of benzene rings is 1. The number of hydrogen-bond acceptors (Lipinski definition) is 3. The predicted octanol–water partition coefficient (Wildman–Crippen LogP) is 1.76. The maximum Gasteiger partial charge on any atom is 0.0824 e. The van der Waals surface area contributed by atoms with Crippen LogP contribution in [0, 0.1) is 0 Å². The lowest BCUT2D eigenvalue weighted by Crippen LogP contribution is -2.45. The molecule has 0 amide bonds. The van der Waals surface area contributed by atoms with Crippen molar-refractivity contribution in [3.63, 3.8) is 0 Å². The minimum atomic E-state index is 0. The average Bonchev–Trinajstić information content (AvgIpc) is 2.86. The van der Waals surface area contributed by atoms with Crippen molar-refractivity contribution in [1.82, 2.24) is 4.90 Å². The van der Waals surface area contributed by atoms with E-state index in [1.165, 1.54) is 24.8 Å². The molecule has 0 spiro atoms. The number of ether oxygens (including phenoxy) is 1. The SMILES string of the molecule is Cl.NCC1CN(Cc2ccc3c(c2)CCC3)CCO1. The molecule has 19 heavy (non-hydrogen) atoms. The summed E-state index contributed by atoms with van der Waals surface area (Å²) in [5.74, 6) is 0. The molecule has 1 aliphatic heterocycles. The lowest BCUT2D eigenvalue weighted by molar-refractivity contribution is -0.0260. The highest BCUT2D eigenvalue weighted by Gasteiger charge is 2.19. The van der Waals surface area contributed by atoms with Crippen LogP contribution in [0.1, 0.15) is 23.1 Å². The molecule has 2 aliphatic rings. The monoisotopic (exact) mass is 282 g/mol. The molecule has 0 aromatic heterocycles. The van der Waals surface area contributed by atoms with E-state index >= 15 is 0 Å². The van der Waals surface area contributed by atoms with Gasteiger partial charge in [-0.3, -0.25) is 4.90 Å². The second-order valence-electron chi connectivity index (χ2n) is 5.42. The fourth-order valence-electron chi connectivity index (χ4n) is 3.05. The van der Waals surface area contributed by atoms with Gasteiger partial charge in [-0.15, -0.1) is 12.4 Å². The van der Waals surface area contributed by atoms with Crippen molar-refractivity contribution in [3.8, 4) is 0 Å². The summed E-state index contributed by atoms with van der Waals surface area (Å²) in [5, 5.41) is 0. The van der Waals surface area contributed by atoms with Crippen LogP contribution in [-0.4, -0.2) is 37.2 Å². The standard InChI is InChI=1S/C15H22N2O.ClH/c16-9-15-11-17(6-7-18-15)10-12-4-5-13-2-1-3-14(13)8-12;/h4-5,8,15H,1-3,6-7,9-11,16H2;1H. The van der Waals surface area contributed by atoms with E-state index in [4.69, 9.17) is 10.5 Å². The van der Waals surface area contributed by atoms with Gasteiger partial charge in [0.2, 0.25) is 0 Å². The Bertz CT molecular complexity index is 425. The van der Waals surface area contributed by atoms with Gasteiger partial charge in [-0.2, -0.15) is 0 Å². The fourth-order valence-corrected chi connectivity index (χ4v) is 3.05. The molecule has 0 bridgehead atoms. The highest BCUT2D eigenvalue weighted by molar-refractivity contribution is 5.85. The van der Waals surface area contributed by atoms with Crippen molar-refractivity contribution < 1.29 is 4.74 Å². The number of nitrogens with two attached hydrogens (primary N) is 1. The van der Waals surface area contributed by atoms with E-state index in [9.17, 15) is 0 Å². The molecule has 3 nitrogen and oxygen atoms in total. The normalized spacial score (nSPS) is 22.9. The Balaban J connectivity index is 0.00000133. The summed E-state index contributed by atoms with van der Waals surface area (Å²) in [6.45, 7) is 4.46. The lowest BCUT2D eigenvalue weighted by atomic mass is 10.1. The van der Waals surface area contributed by atoms with Crippen LogP contribution in [0.4, 0.5) is 0 Å². The molecule has 1 heterocycles. The first-order valence-electron chi connectivity index (χ1n) is 7.00. The van der Waals surface area contributed by atoms with Crippen LogP contribution in [0.5, 0.6) is 0 Å². The number of rotatable bonds is 3. The molecule has 0 saturated carbocycles. The molecule has 1 atom stereocenters. The number of halogens is 1. The third-order valence-corrected chi connectivity index (χ3v) is 4.05. The Morgan fingerprint density at radius 2 is 2.11 bits per heavy atom. The number of morpholine rings is 1. The molecular formula is C15H23ClN2O. The van der Waals surface area contributed by atoms with Crippen LogP contribution in [0.25, 0.3) is 0 Å². The van der Waals surface area contributed by atoms with E-state index in [0.717, 1.165) is 26.2 Å². The molecule has 1 fully saturated rings. The van der Waals surface area contributed by atoms with Crippen molar-refractivity contribution in [1.29, 1.82) is 0 Å². The number of aryl methyl sites for hydroxylation is 2. The van der Waals surface area contributed by atoms with Crippen LogP contribution in [0.3, 0.4) is 0 Å². The summed E-state index contributed by atoms with van der Waals surface area (Å²) in [7, 11) is 0. The van der Waals surface area contributed by atoms with Gasteiger partial charge >= 0.3 is 0 Å². The second kappa shape index (κ2) is 6.71. The summed E-state index contributed by atoms with van der Waals surface area (Å²) in [6, 6.07) is 7.00. The van der Waals surface area contributed by atoms with Crippen molar-refractivity contribution in [2.24, 2.45) is 5.73 Å². The van der Waals surface area contributed by atoms with Crippen LogP contribution >= 0.6 is 12.4 Å². The topological polar surface area (TPSA) is 38.5 Å². The summed E-state index contributed by atoms with van der Waals surface area (Å²) < 4.78 is 5.60. The molecule has 1 unspecified atom stereocenters. The highest BCUT2D eigenvalue weighted by atomic mass is 35.5. The van der Waals surface area contributed by atoms with E-state index in [1.807, 2.05) is 0 Å². The van der Waals surface area contributed by atoms with Gasteiger partial charge < -0.3 is 10.5 Å². The molecule has 4 heteroatoms. The zero-order valence-electron chi connectivity index (χ0n) is 11.3. The van der Waals surface area contributed by atoms with Crippen molar-refractivity contribution in [2.75, 3.05) is 26.2 Å². The van der Waals surface area contributed by atoms with Crippen LogP contribution in [0.2, 0.25) is 0 Å². The molecular weight excluding hydrogens is 260 g/mol. The van der Waals surface area contributed by atoms with Gasteiger partial charge in [-0.25, -0.2) is 0 Å².